The van der Waals surface area contributed by atoms with Crippen molar-refractivity contribution >= 4 is 5.97 Å². The first-order valence-corrected chi connectivity index (χ1v) is 5.84. The van der Waals surface area contributed by atoms with Crippen molar-refractivity contribution in [1.82, 2.24) is 5.32 Å². The van der Waals surface area contributed by atoms with E-state index >= 15 is 0 Å². The lowest BCUT2D eigenvalue weighted by Crippen LogP contribution is -2.38. The van der Waals surface area contributed by atoms with E-state index in [1.54, 1.807) is 12.1 Å². The average molecular weight is 235 g/mol. The highest BCUT2D eigenvalue weighted by atomic mass is 16.5. The SMILES string of the molecule is Cc1ccc(OC(CNC2CC2)C(=O)O)cc1. The first-order chi connectivity index (χ1) is 8.15. The Morgan fingerprint density at radius 1 is 1.47 bits per heavy atom. The minimum absolute atomic E-state index is 0.355. The Labute approximate surface area is 101 Å². The molecule has 0 aromatic heterocycles. The predicted octanol–water partition coefficient (Wildman–Crippen LogP) is 1.58. The number of aliphatic carboxylic acids is 1. The fourth-order valence-electron chi connectivity index (χ4n) is 1.52. The number of carbonyl (C=O) groups is 1. The summed E-state index contributed by atoms with van der Waals surface area (Å²) in [4.78, 5) is 11.0. The molecule has 0 aliphatic heterocycles. The number of rotatable bonds is 6. The van der Waals surface area contributed by atoms with Crippen molar-refractivity contribution < 1.29 is 14.6 Å². The predicted molar refractivity (Wildman–Crippen MR) is 64.3 cm³/mol. The van der Waals surface area contributed by atoms with Crippen LogP contribution in [0, 0.1) is 6.92 Å². The van der Waals surface area contributed by atoms with Crippen molar-refractivity contribution in [2.75, 3.05) is 6.54 Å². The summed E-state index contributed by atoms with van der Waals surface area (Å²) in [6, 6.07) is 7.88. The minimum Gasteiger partial charge on any atom is -0.478 e. The number of hydrogen-bond donors (Lipinski definition) is 2. The lowest BCUT2D eigenvalue weighted by Gasteiger charge is -2.15. The Bertz CT molecular complexity index is 384. The van der Waals surface area contributed by atoms with E-state index < -0.39 is 12.1 Å². The molecule has 0 bridgehead atoms. The molecule has 1 aliphatic carbocycles. The van der Waals surface area contributed by atoms with Gasteiger partial charge in [0.15, 0.2) is 0 Å². The second kappa shape index (κ2) is 5.19. The quantitative estimate of drug-likeness (QED) is 0.786. The van der Waals surface area contributed by atoms with Crippen LogP contribution in [0.15, 0.2) is 24.3 Å². The highest BCUT2D eigenvalue weighted by Gasteiger charge is 2.25. The highest BCUT2D eigenvalue weighted by molar-refractivity contribution is 5.73. The van der Waals surface area contributed by atoms with Crippen LogP contribution >= 0.6 is 0 Å². The van der Waals surface area contributed by atoms with Crippen LogP contribution in [0.25, 0.3) is 0 Å². The van der Waals surface area contributed by atoms with Gasteiger partial charge in [-0.3, -0.25) is 0 Å². The summed E-state index contributed by atoms with van der Waals surface area (Å²) in [5, 5.41) is 12.2. The lowest BCUT2D eigenvalue weighted by molar-refractivity contribution is -0.144. The summed E-state index contributed by atoms with van der Waals surface area (Å²) < 4.78 is 5.45. The van der Waals surface area contributed by atoms with E-state index in [1.165, 1.54) is 0 Å². The minimum atomic E-state index is -0.932. The van der Waals surface area contributed by atoms with Gasteiger partial charge in [0.25, 0.3) is 0 Å². The molecular weight excluding hydrogens is 218 g/mol. The van der Waals surface area contributed by atoms with Crippen LogP contribution in [0.2, 0.25) is 0 Å². The molecule has 0 amide bonds. The summed E-state index contributed by atoms with van der Waals surface area (Å²) in [5.74, 6) is -0.334. The summed E-state index contributed by atoms with van der Waals surface area (Å²) >= 11 is 0. The molecule has 0 spiro atoms. The van der Waals surface area contributed by atoms with Gasteiger partial charge in [0.1, 0.15) is 5.75 Å². The molecule has 1 saturated carbocycles. The van der Waals surface area contributed by atoms with Crippen LogP contribution in [0.5, 0.6) is 5.75 Å². The molecule has 4 heteroatoms. The fourth-order valence-corrected chi connectivity index (χ4v) is 1.52. The summed E-state index contributed by atoms with van der Waals surface area (Å²) in [6.45, 7) is 2.33. The molecule has 92 valence electrons. The van der Waals surface area contributed by atoms with Crippen LogP contribution < -0.4 is 10.1 Å². The number of carboxylic acids is 1. The second-order valence-corrected chi connectivity index (χ2v) is 4.44. The Morgan fingerprint density at radius 2 is 2.12 bits per heavy atom. The van der Waals surface area contributed by atoms with Crippen LogP contribution in [0.4, 0.5) is 0 Å². The number of carboxylic acid groups (broad SMARTS) is 1. The lowest BCUT2D eigenvalue weighted by atomic mass is 10.2. The Morgan fingerprint density at radius 3 is 2.65 bits per heavy atom. The first-order valence-electron chi connectivity index (χ1n) is 5.84. The van der Waals surface area contributed by atoms with Crippen LogP contribution in [0.3, 0.4) is 0 Å². The topological polar surface area (TPSA) is 58.6 Å². The van der Waals surface area contributed by atoms with Gasteiger partial charge in [-0.1, -0.05) is 17.7 Å². The number of nitrogens with one attached hydrogen (secondary N) is 1. The van der Waals surface area contributed by atoms with Crippen LogP contribution in [-0.2, 0) is 4.79 Å². The molecule has 1 unspecified atom stereocenters. The van der Waals surface area contributed by atoms with Gasteiger partial charge >= 0.3 is 5.97 Å². The third-order valence-electron chi connectivity index (χ3n) is 2.74. The average Bonchev–Trinajstić information content (AvgIpc) is 3.10. The van der Waals surface area contributed by atoms with E-state index in [2.05, 4.69) is 5.32 Å². The molecule has 2 N–H and O–H groups in total. The van der Waals surface area contributed by atoms with E-state index in [9.17, 15) is 4.79 Å². The van der Waals surface area contributed by atoms with Gasteiger partial charge in [-0.05, 0) is 31.9 Å². The largest absolute Gasteiger partial charge is 0.478 e. The highest BCUT2D eigenvalue weighted by Crippen LogP contribution is 2.19. The smallest absolute Gasteiger partial charge is 0.346 e. The van der Waals surface area contributed by atoms with Crippen molar-refractivity contribution in [3.63, 3.8) is 0 Å². The third kappa shape index (κ3) is 3.75. The summed E-state index contributed by atoms with van der Waals surface area (Å²) in [5.41, 5.74) is 1.13. The first kappa shape index (κ1) is 11.9. The zero-order valence-corrected chi connectivity index (χ0v) is 9.85. The molecule has 1 fully saturated rings. The zero-order chi connectivity index (χ0) is 12.3. The molecule has 1 aliphatic rings. The molecule has 0 saturated heterocycles. The van der Waals surface area contributed by atoms with Crippen molar-refractivity contribution in [3.05, 3.63) is 29.8 Å². The number of aryl methyl sites for hydroxylation is 1. The van der Waals surface area contributed by atoms with Crippen LogP contribution in [-0.4, -0.2) is 29.8 Å². The molecule has 1 atom stereocenters. The zero-order valence-electron chi connectivity index (χ0n) is 9.85. The van der Waals surface area contributed by atoms with E-state index in [0.717, 1.165) is 18.4 Å². The standard InChI is InChI=1S/C13H17NO3/c1-9-2-6-11(7-3-9)17-12(13(15)16)8-14-10-4-5-10/h2-3,6-7,10,12,14H,4-5,8H2,1H3,(H,15,16). The molecule has 2 rings (SSSR count). The van der Waals surface area contributed by atoms with E-state index in [0.29, 0.717) is 18.3 Å². The fraction of sp³-hybridized carbons (Fsp3) is 0.462. The van der Waals surface area contributed by atoms with E-state index in [1.807, 2.05) is 19.1 Å². The van der Waals surface area contributed by atoms with Crippen LogP contribution in [0.1, 0.15) is 18.4 Å². The molecule has 1 aromatic rings. The number of ether oxygens (including phenoxy) is 1. The van der Waals surface area contributed by atoms with Crippen molar-refractivity contribution in [1.29, 1.82) is 0 Å². The summed E-state index contributed by atoms with van der Waals surface area (Å²) in [7, 11) is 0. The number of benzene rings is 1. The maximum Gasteiger partial charge on any atom is 0.346 e. The molecule has 0 heterocycles. The Hall–Kier alpha value is -1.55. The number of hydrogen-bond acceptors (Lipinski definition) is 3. The molecule has 1 aromatic carbocycles. The maximum atomic E-state index is 11.0. The van der Waals surface area contributed by atoms with Gasteiger partial charge < -0.3 is 15.2 Å². The van der Waals surface area contributed by atoms with Gasteiger partial charge in [-0.2, -0.15) is 0 Å². The maximum absolute atomic E-state index is 11.0. The monoisotopic (exact) mass is 235 g/mol. The van der Waals surface area contributed by atoms with E-state index in [-0.39, 0.29) is 0 Å². The van der Waals surface area contributed by atoms with Crippen molar-refractivity contribution in [2.45, 2.75) is 31.9 Å². The molecule has 0 radical (unpaired) electrons. The van der Waals surface area contributed by atoms with E-state index in [4.69, 9.17) is 9.84 Å². The van der Waals surface area contributed by atoms with Crippen molar-refractivity contribution in [2.24, 2.45) is 0 Å². The van der Waals surface area contributed by atoms with Gasteiger partial charge in [0.2, 0.25) is 6.10 Å². The van der Waals surface area contributed by atoms with Gasteiger partial charge in [0, 0.05) is 12.6 Å². The van der Waals surface area contributed by atoms with Crippen molar-refractivity contribution in [3.8, 4) is 5.75 Å². The Balaban J connectivity index is 1.91. The third-order valence-corrected chi connectivity index (χ3v) is 2.74. The summed E-state index contributed by atoms with van der Waals surface area (Å²) in [6.07, 6.45) is 1.45. The van der Waals surface area contributed by atoms with Gasteiger partial charge in [0.05, 0.1) is 0 Å². The molecule has 17 heavy (non-hydrogen) atoms. The molecular formula is C13H17NO3. The molecule has 4 nitrogen and oxygen atoms in total. The normalized spacial score (nSPS) is 16.5. The van der Waals surface area contributed by atoms with Gasteiger partial charge in [-0.15, -0.1) is 0 Å². The van der Waals surface area contributed by atoms with Gasteiger partial charge in [-0.25, -0.2) is 4.79 Å². The second-order valence-electron chi connectivity index (χ2n) is 4.44. The Kier molecular flexibility index (Phi) is 3.64.